The maximum absolute atomic E-state index is 11.7. The minimum absolute atomic E-state index is 0. The lowest BCUT2D eigenvalue weighted by atomic mass is 10.0. The summed E-state index contributed by atoms with van der Waals surface area (Å²) in [5, 5.41) is 6.19. The summed E-state index contributed by atoms with van der Waals surface area (Å²) in [4.78, 5) is 11.7. The Hall–Kier alpha value is -0.320. The third-order valence-corrected chi connectivity index (χ3v) is 3.23. The van der Waals surface area contributed by atoms with Crippen molar-refractivity contribution in [3.63, 3.8) is 0 Å². The standard InChI is InChI=1S/C13H26N2O2.ClH/c1-4-17-12(10(2)3)7-9-15-13(16)11-6-5-8-14-11;/h10-12,14H,4-9H2,1-3H3,(H,15,16);1H. The second-order valence-corrected chi connectivity index (χ2v) is 4.97. The molecule has 1 fully saturated rings. The zero-order valence-electron chi connectivity index (χ0n) is 11.7. The van der Waals surface area contributed by atoms with E-state index in [0.29, 0.717) is 12.5 Å². The lowest BCUT2D eigenvalue weighted by Crippen LogP contribution is -2.41. The van der Waals surface area contributed by atoms with Crippen molar-refractivity contribution in [3.05, 3.63) is 0 Å². The Morgan fingerprint density at radius 3 is 2.72 bits per heavy atom. The van der Waals surface area contributed by atoms with Gasteiger partial charge in [0.25, 0.3) is 0 Å². The first-order chi connectivity index (χ1) is 8.15. The molecule has 1 aliphatic rings. The van der Waals surface area contributed by atoms with Crippen molar-refractivity contribution >= 4 is 18.3 Å². The quantitative estimate of drug-likeness (QED) is 0.746. The molecule has 2 atom stereocenters. The Balaban J connectivity index is 0.00000289. The average Bonchev–Trinajstić information content (AvgIpc) is 2.81. The molecule has 4 nitrogen and oxygen atoms in total. The molecule has 2 N–H and O–H groups in total. The van der Waals surface area contributed by atoms with Gasteiger partial charge in [0, 0.05) is 13.2 Å². The summed E-state index contributed by atoms with van der Waals surface area (Å²) >= 11 is 0. The molecule has 0 aromatic rings. The van der Waals surface area contributed by atoms with E-state index in [9.17, 15) is 4.79 Å². The van der Waals surface area contributed by atoms with Gasteiger partial charge in [0.05, 0.1) is 12.1 Å². The molecule has 0 aliphatic carbocycles. The van der Waals surface area contributed by atoms with Crippen molar-refractivity contribution < 1.29 is 9.53 Å². The Morgan fingerprint density at radius 1 is 1.50 bits per heavy atom. The number of carbonyl (C=O) groups excluding carboxylic acids is 1. The minimum atomic E-state index is 0. The monoisotopic (exact) mass is 278 g/mol. The van der Waals surface area contributed by atoms with Gasteiger partial charge >= 0.3 is 0 Å². The number of ether oxygens (including phenoxy) is 1. The van der Waals surface area contributed by atoms with Crippen LogP contribution >= 0.6 is 12.4 Å². The first kappa shape index (κ1) is 17.7. The number of carbonyl (C=O) groups is 1. The van der Waals surface area contributed by atoms with E-state index in [2.05, 4.69) is 24.5 Å². The van der Waals surface area contributed by atoms with Gasteiger partial charge in [0.1, 0.15) is 0 Å². The molecule has 1 aliphatic heterocycles. The van der Waals surface area contributed by atoms with Gasteiger partial charge in [-0.05, 0) is 38.6 Å². The molecule has 0 spiro atoms. The summed E-state index contributed by atoms with van der Waals surface area (Å²) < 4.78 is 5.64. The Labute approximate surface area is 117 Å². The van der Waals surface area contributed by atoms with Gasteiger partial charge in [-0.2, -0.15) is 0 Å². The van der Waals surface area contributed by atoms with Crippen LogP contribution in [0.3, 0.4) is 0 Å². The van der Waals surface area contributed by atoms with Gasteiger partial charge in [-0.1, -0.05) is 13.8 Å². The molecule has 1 heterocycles. The van der Waals surface area contributed by atoms with E-state index in [1.165, 1.54) is 0 Å². The predicted molar refractivity (Wildman–Crippen MR) is 76.2 cm³/mol. The van der Waals surface area contributed by atoms with Crippen molar-refractivity contribution in [2.24, 2.45) is 5.92 Å². The topological polar surface area (TPSA) is 50.4 Å². The van der Waals surface area contributed by atoms with Crippen molar-refractivity contribution in [2.75, 3.05) is 19.7 Å². The Morgan fingerprint density at radius 2 is 2.22 bits per heavy atom. The highest BCUT2D eigenvalue weighted by Gasteiger charge is 2.22. The maximum Gasteiger partial charge on any atom is 0.237 e. The third kappa shape index (κ3) is 6.03. The van der Waals surface area contributed by atoms with E-state index in [0.717, 1.165) is 32.4 Å². The average molecular weight is 279 g/mol. The van der Waals surface area contributed by atoms with E-state index >= 15 is 0 Å². The molecular formula is C13H27ClN2O2. The second kappa shape index (κ2) is 9.59. The van der Waals surface area contributed by atoms with Crippen LogP contribution in [0.2, 0.25) is 0 Å². The van der Waals surface area contributed by atoms with E-state index in [-0.39, 0.29) is 30.5 Å². The zero-order chi connectivity index (χ0) is 12.7. The van der Waals surface area contributed by atoms with Crippen LogP contribution < -0.4 is 10.6 Å². The van der Waals surface area contributed by atoms with E-state index in [1.807, 2.05) is 6.92 Å². The molecule has 18 heavy (non-hydrogen) atoms. The molecule has 0 saturated carbocycles. The van der Waals surface area contributed by atoms with Crippen molar-refractivity contribution in [2.45, 2.75) is 52.2 Å². The van der Waals surface area contributed by atoms with Gasteiger partial charge in [0.15, 0.2) is 0 Å². The largest absolute Gasteiger partial charge is 0.378 e. The Kier molecular flexibility index (Phi) is 9.42. The third-order valence-electron chi connectivity index (χ3n) is 3.23. The molecule has 0 aromatic carbocycles. The summed E-state index contributed by atoms with van der Waals surface area (Å²) in [6.07, 6.45) is 3.21. The number of hydrogen-bond donors (Lipinski definition) is 2. The fourth-order valence-electron chi connectivity index (χ4n) is 2.19. The number of amides is 1. The van der Waals surface area contributed by atoms with E-state index < -0.39 is 0 Å². The zero-order valence-corrected chi connectivity index (χ0v) is 12.5. The van der Waals surface area contributed by atoms with Crippen LogP contribution in [0.1, 0.15) is 40.0 Å². The number of nitrogens with one attached hydrogen (secondary N) is 2. The van der Waals surface area contributed by atoms with Gasteiger partial charge in [-0.25, -0.2) is 0 Å². The lowest BCUT2D eigenvalue weighted by Gasteiger charge is -2.21. The SMILES string of the molecule is CCOC(CCNC(=O)C1CCCN1)C(C)C.Cl. The molecule has 5 heteroatoms. The summed E-state index contributed by atoms with van der Waals surface area (Å²) in [5.74, 6) is 0.637. The smallest absolute Gasteiger partial charge is 0.237 e. The van der Waals surface area contributed by atoms with Crippen LogP contribution in [0.25, 0.3) is 0 Å². The van der Waals surface area contributed by atoms with E-state index in [4.69, 9.17) is 4.74 Å². The molecular weight excluding hydrogens is 252 g/mol. The fraction of sp³-hybridized carbons (Fsp3) is 0.923. The molecule has 0 aromatic heterocycles. The van der Waals surface area contributed by atoms with Crippen LogP contribution in [0, 0.1) is 5.92 Å². The predicted octanol–water partition coefficient (Wildman–Crippen LogP) is 1.73. The molecule has 1 rings (SSSR count). The summed E-state index contributed by atoms with van der Waals surface area (Å²) in [7, 11) is 0. The van der Waals surface area contributed by atoms with Crippen LogP contribution in [0.4, 0.5) is 0 Å². The van der Waals surface area contributed by atoms with Crippen LogP contribution in [0.5, 0.6) is 0 Å². The Bertz CT molecular complexity index is 231. The number of rotatable bonds is 7. The summed E-state index contributed by atoms with van der Waals surface area (Å²) in [6, 6.07) is 0.0274. The van der Waals surface area contributed by atoms with Gasteiger partial charge in [0.2, 0.25) is 5.91 Å². The number of hydrogen-bond acceptors (Lipinski definition) is 3. The molecule has 0 radical (unpaired) electrons. The van der Waals surface area contributed by atoms with E-state index in [1.54, 1.807) is 0 Å². The van der Waals surface area contributed by atoms with Crippen LogP contribution in [-0.4, -0.2) is 37.7 Å². The van der Waals surface area contributed by atoms with Gasteiger partial charge < -0.3 is 15.4 Å². The molecule has 0 bridgehead atoms. The maximum atomic E-state index is 11.7. The van der Waals surface area contributed by atoms with Crippen LogP contribution in [0.15, 0.2) is 0 Å². The minimum Gasteiger partial charge on any atom is -0.378 e. The van der Waals surface area contributed by atoms with Crippen molar-refractivity contribution in [1.29, 1.82) is 0 Å². The van der Waals surface area contributed by atoms with Crippen LogP contribution in [-0.2, 0) is 9.53 Å². The summed E-state index contributed by atoms with van der Waals surface area (Å²) in [6.45, 7) is 8.73. The molecule has 2 unspecified atom stereocenters. The van der Waals surface area contributed by atoms with Crippen molar-refractivity contribution in [3.8, 4) is 0 Å². The second-order valence-electron chi connectivity index (χ2n) is 4.97. The highest BCUT2D eigenvalue weighted by molar-refractivity contribution is 5.85. The van der Waals surface area contributed by atoms with Crippen molar-refractivity contribution in [1.82, 2.24) is 10.6 Å². The first-order valence-electron chi connectivity index (χ1n) is 6.77. The summed E-state index contributed by atoms with van der Waals surface area (Å²) in [5.41, 5.74) is 0. The fourth-order valence-corrected chi connectivity index (χ4v) is 2.19. The first-order valence-corrected chi connectivity index (χ1v) is 6.77. The molecule has 1 amide bonds. The highest BCUT2D eigenvalue weighted by Crippen LogP contribution is 2.10. The molecule has 1 saturated heterocycles. The molecule has 108 valence electrons. The lowest BCUT2D eigenvalue weighted by molar-refractivity contribution is -0.122. The van der Waals surface area contributed by atoms with Gasteiger partial charge in [-0.15, -0.1) is 12.4 Å². The highest BCUT2D eigenvalue weighted by atomic mass is 35.5. The van der Waals surface area contributed by atoms with Gasteiger partial charge in [-0.3, -0.25) is 4.79 Å². The normalized spacial score (nSPS) is 20.6. The number of halogens is 1.